The average Bonchev–Trinajstić information content (AvgIpc) is 2.33. The van der Waals surface area contributed by atoms with Gasteiger partial charge in [-0.25, -0.2) is 13.1 Å². The lowest BCUT2D eigenvalue weighted by atomic mass is 9.91. The van der Waals surface area contributed by atoms with Crippen molar-refractivity contribution in [1.82, 2.24) is 9.71 Å². The third-order valence-electron chi connectivity index (χ3n) is 3.39. The van der Waals surface area contributed by atoms with Crippen LogP contribution in [0.15, 0.2) is 24.5 Å². The molecule has 0 radical (unpaired) electrons. The van der Waals surface area contributed by atoms with Crippen LogP contribution in [0, 0.1) is 5.92 Å². The largest absolute Gasteiger partial charge is 0.369 e. The van der Waals surface area contributed by atoms with Gasteiger partial charge in [-0.2, -0.15) is 0 Å². The Hall–Kier alpha value is -1.18. The predicted octanol–water partition coefficient (Wildman–Crippen LogP) is -0.217. The van der Waals surface area contributed by atoms with Crippen LogP contribution in [0.5, 0.6) is 0 Å². The Morgan fingerprint density at radius 2 is 2.00 bits per heavy atom. The molecule has 0 saturated carbocycles. The molecule has 2 heterocycles. The first-order valence-corrected chi connectivity index (χ1v) is 8.14. The molecule has 0 unspecified atom stereocenters. The molecule has 106 valence electrons. The Bertz CT molecular complexity index is 508. The summed E-state index contributed by atoms with van der Waals surface area (Å²) in [6.45, 7) is 3.41. The number of anilines is 1. The number of nitrogens with zero attached hydrogens (tertiary/aromatic N) is 2. The summed E-state index contributed by atoms with van der Waals surface area (Å²) in [5.74, 6) is 0.145. The van der Waals surface area contributed by atoms with Gasteiger partial charge in [0, 0.05) is 43.3 Å². The number of pyridine rings is 1. The summed E-state index contributed by atoms with van der Waals surface area (Å²) < 4.78 is 25.3. The highest BCUT2D eigenvalue weighted by atomic mass is 32.2. The SMILES string of the molecule is C[C@H]1CN(c2ccncc2)C[C@@H](N)[C@H]1NS(C)(=O)=O. The third-order valence-corrected chi connectivity index (χ3v) is 4.09. The number of nitrogens with one attached hydrogen (secondary N) is 1. The van der Waals surface area contributed by atoms with Crippen LogP contribution in [0.2, 0.25) is 0 Å². The van der Waals surface area contributed by atoms with Gasteiger partial charge < -0.3 is 10.6 Å². The van der Waals surface area contributed by atoms with Crippen molar-refractivity contribution in [2.45, 2.75) is 19.0 Å². The maximum absolute atomic E-state index is 11.4. The van der Waals surface area contributed by atoms with Gasteiger partial charge in [-0.05, 0) is 18.1 Å². The van der Waals surface area contributed by atoms with E-state index in [0.29, 0.717) is 6.54 Å². The van der Waals surface area contributed by atoms with Gasteiger partial charge >= 0.3 is 0 Å². The molecule has 3 atom stereocenters. The summed E-state index contributed by atoms with van der Waals surface area (Å²) in [6, 6.07) is 3.42. The summed E-state index contributed by atoms with van der Waals surface area (Å²) in [5.41, 5.74) is 7.18. The third kappa shape index (κ3) is 3.65. The molecule has 6 nitrogen and oxygen atoms in total. The number of hydrogen-bond donors (Lipinski definition) is 2. The minimum Gasteiger partial charge on any atom is -0.369 e. The van der Waals surface area contributed by atoms with E-state index in [1.807, 2.05) is 19.1 Å². The van der Waals surface area contributed by atoms with Crippen LogP contribution in [0.3, 0.4) is 0 Å². The monoisotopic (exact) mass is 284 g/mol. The second-order valence-corrected chi connectivity index (χ2v) is 6.95. The molecule has 19 heavy (non-hydrogen) atoms. The van der Waals surface area contributed by atoms with Gasteiger partial charge in [0.05, 0.1) is 6.26 Å². The first kappa shape index (κ1) is 14.2. The van der Waals surface area contributed by atoms with E-state index >= 15 is 0 Å². The molecule has 0 aliphatic carbocycles. The average molecular weight is 284 g/mol. The molecule has 1 aromatic heterocycles. The Morgan fingerprint density at radius 1 is 1.37 bits per heavy atom. The number of rotatable bonds is 3. The van der Waals surface area contributed by atoms with Gasteiger partial charge in [0.1, 0.15) is 0 Å². The molecule has 1 saturated heterocycles. The highest BCUT2D eigenvalue weighted by Gasteiger charge is 2.34. The van der Waals surface area contributed by atoms with Crippen LogP contribution in [0.25, 0.3) is 0 Å². The van der Waals surface area contributed by atoms with Gasteiger partial charge in [0.25, 0.3) is 0 Å². The van der Waals surface area contributed by atoms with E-state index in [-0.39, 0.29) is 18.0 Å². The minimum atomic E-state index is -3.23. The fraction of sp³-hybridized carbons (Fsp3) is 0.583. The molecular weight excluding hydrogens is 264 g/mol. The summed E-state index contributed by atoms with van der Waals surface area (Å²) >= 11 is 0. The van der Waals surface area contributed by atoms with Crippen LogP contribution in [-0.4, -0.2) is 44.8 Å². The van der Waals surface area contributed by atoms with Crippen molar-refractivity contribution in [3.8, 4) is 0 Å². The standard InChI is InChI=1S/C12H20N4O2S/c1-9-7-16(10-3-5-14-6-4-10)8-11(13)12(9)15-19(2,17)18/h3-6,9,11-12,15H,7-8,13H2,1-2H3/t9-,11+,12-/m0/s1. The van der Waals surface area contributed by atoms with Crippen LogP contribution < -0.4 is 15.4 Å². The van der Waals surface area contributed by atoms with Crippen molar-refractivity contribution >= 4 is 15.7 Å². The van der Waals surface area contributed by atoms with Gasteiger partial charge in [-0.3, -0.25) is 4.98 Å². The Balaban J connectivity index is 2.10. The molecule has 3 N–H and O–H groups in total. The normalized spacial score (nSPS) is 28.4. The van der Waals surface area contributed by atoms with E-state index < -0.39 is 10.0 Å². The van der Waals surface area contributed by atoms with Gasteiger partial charge in [0.2, 0.25) is 10.0 Å². The highest BCUT2D eigenvalue weighted by Crippen LogP contribution is 2.22. The number of nitrogens with two attached hydrogens (primary N) is 1. The van der Waals surface area contributed by atoms with Crippen molar-refractivity contribution in [3.05, 3.63) is 24.5 Å². The summed E-state index contributed by atoms with van der Waals surface area (Å²) in [7, 11) is -3.23. The molecule has 1 aliphatic rings. The van der Waals surface area contributed by atoms with Crippen molar-refractivity contribution in [3.63, 3.8) is 0 Å². The quantitative estimate of drug-likeness (QED) is 0.801. The summed E-state index contributed by atoms with van der Waals surface area (Å²) in [5, 5.41) is 0. The number of sulfonamides is 1. The van der Waals surface area contributed by atoms with Crippen molar-refractivity contribution < 1.29 is 8.42 Å². The van der Waals surface area contributed by atoms with Crippen molar-refractivity contribution in [1.29, 1.82) is 0 Å². The van der Waals surface area contributed by atoms with E-state index in [4.69, 9.17) is 5.73 Å². The van der Waals surface area contributed by atoms with Gasteiger partial charge in [0.15, 0.2) is 0 Å². The molecule has 0 spiro atoms. The maximum atomic E-state index is 11.4. The van der Waals surface area contributed by atoms with Gasteiger partial charge in [-0.1, -0.05) is 6.92 Å². The second-order valence-electron chi connectivity index (χ2n) is 5.17. The zero-order valence-electron chi connectivity index (χ0n) is 11.2. The molecule has 1 aliphatic heterocycles. The van der Waals surface area contributed by atoms with E-state index in [9.17, 15) is 8.42 Å². The molecule has 7 heteroatoms. The highest BCUT2D eigenvalue weighted by molar-refractivity contribution is 7.88. The maximum Gasteiger partial charge on any atom is 0.209 e. The minimum absolute atomic E-state index is 0.145. The van der Waals surface area contributed by atoms with Crippen LogP contribution in [0.4, 0.5) is 5.69 Å². The Kier molecular flexibility index (Phi) is 4.07. The van der Waals surface area contributed by atoms with Gasteiger partial charge in [-0.15, -0.1) is 0 Å². The van der Waals surface area contributed by atoms with Crippen LogP contribution in [-0.2, 0) is 10.0 Å². The van der Waals surface area contributed by atoms with Crippen LogP contribution in [0.1, 0.15) is 6.92 Å². The lowest BCUT2D eigenvalue weighted by molar-refractivity contribution is 0.319. The Labute approximate surface area is 114 Å². The van der Waals surface area contributed by atoms with E-state index in [1.165, 1.54) is 6.26 Å². The summed E-state index contributed by atoms with van der Waals surface area (Å²) in [6.07, 6.45) is 4.65. The molecular formula is C12H20N4O2S. The summed E-state index contributed by atoms with van der Waals surface area (Å²) in [4.78, 5) is 6.16. The lowest BCUT2D eigenvalue weighted by Gasteiger charge is -2.42. The fourth-order valence-corrected chi connectivity index (χ4v) is 3.44. The smallest absolute Gasteiger partial charge is 0.209 e. The number of hydrogen-bond acceptors (Lipinski definition) is 5. The molecule has 0 amide bonds. The molecule has 1 fully saturated rings. The predicted molar refractivity (Wildman–Crippen MR) is 75.4 cm³/mol. The Morgan fingerprint density at radius 3 is 2.53 bits per heavy atom. The second kappa shape index (κ2) is 5.44. The van der Waals surface area contributed by atoms with Crippen molar-refractivity contribution in [2.24, 2.45) is 11.7 Å². The first-order valence-electron chi connectivity index (χ1n) is 6.24. The molecule has 1 aromatic rings. The molecule has 0 aromatic carbocycles. The topological polar surface area (TPSA) is 88.3 Å². The molecule has 2 rings (SSSR count). The fourth-order valence-electron chi connectivity index (χ4n) is 2.54. The lowest BCUT2D eigenvalue weighted by Crippen LogP contribution is -2.61. The van der Waals surface area contributed by atoms with E-state index in [2.05, 4.69) is 14.6 Å². The van der Waals surface area contributed by atoms with Crippen LogP contribution >= 0.6 is 0 Å². The number of aromatic nitrogens is 1. The zero-order chi connectivity index (χ0) is 14.0. The van der Waals surface area contributed by atoms with E-state index in [1.54, 1.807) is 12.4 Å². The zero-order valence-corrected chi connectivity index (χ0v) is 12.0. The van der Waals surface area contributed by atoms with E-state index in [0.717, 1.165) is 12.2 Å². The first-order chi connectivity index (χ1) is 8.87. The number of piperidine rings is 1. The molecule has 0 bridgehead atoms. The van der Waals surface area contributed by atoms with Crippen molar-refractivity contribution in [2.75, 3.05) is 24.2 Å².